The van der Waals surface area contributed by atoms with Gasteiger partial charge in [-0.25, -0.2) is 0 Å². The maximum atomic E-state index is 10.6. The number of carbonyl (C=O) groups is 1. The quantitative estimate of drug-likeness (QED) is 0.567. The van der Waals surface area contributed by atoms with E-state index in [-0.39, 0.29) is 5.78 Å². The topological polar surface area (TPSA) is 20.3 Å². The molecule has 0 aromatic carbocycles. The molecule has 0 aliphatic carbocycles. The molecule has 57 valence electrons. The van der Waals surface area contributed by atoms with Crippen LogP contribution < -0.4 is 0 Å². The molecule has 2 nitrogen and oxygen atoms in total. The lowest BCUT2D eigenvalue weighted by Gasteiger charge is -2.24. The average molecular weight is 140 g/mol. The van der Waals surface area contributed by atoms with Gasteiger partial charge in [0, 0.05) is 6.92 Å². The second-order valence-electron chi connectivity index (χ2n) is 2.88. The summed E-state index contributed by atoms with van der Waals surface area (Å²) in [7, 11) is 0. The highest BCUT2D eigenvalue weighted by atomic mass is 16.1. The summed E-state index contributed by atoms with van der Waals surface area (Å²) in [5.41, 5.74) is 0. The first kappa shape index (κ1) is 7.73. The van der Waals surface area contributed by atoms with Crippen molar-refractivity contribution in [2.45, 2.75) is 19.3 Å². The van der Waals surface area contributed by atoms with Gasteiger partial charge in [-0.15, -0.1) is 0 Å². The van der Waals surface area contributed by atoms with E-state index in [0.29, 0.717) is 6.54 Å². The molecule has 0 N–H and O–H groups in total. The predicted molar refractivity (Wildman–Crippen MR) is 40.7 cm³/mol. The van der Waals surface area contributed by atoms with Crippen LogP contribution in [0.3, 0.4) is 0 Å². The molecule has 1 fully saturated rings. The fraction of sp³-hybridized carbons (Fsp3) is 0.750. The number of rotatable bonds is 2. The Morgan fingerprint density at radius 1 is 1.30 bits per heavy atom. The summed E-state index contributed by atoms with van der Waals surface area (Å²) in [6, 6.07) is 0. The van der Waals surface area contributed by atoms with E-state index in [1.807, 2.05) is 0 Å². The average Bonchev–Trinajstić information content (AvgIpc) is 1.88. The van der Waals surface area contributed by atoms with Crippen LogP contribution in [0.5, 0.6) is 0 Å². The van der Waals surface area contributed by atoms with Crippen LogP contribution in [0.2, 0.25) is 0 Å². The van der Waals surface area contributed by atoms with Gasteiger partial charge in [0.25, 0.3) is 0 Å². The van der Waals surface area contributed by atoms with Crippen LogP contribution in [-0.2, 0) is 4.79 Å². The van der Waals surface area contributed by atoms with Crippen molar-refractivity contribution in [3.63, 3.8) is 0 Å². The van der Waals surface area contributed by atoms with Gasteiger partial charge < -0.3 is 0 Å². The Bertz CT molecular complexity index is 116. The van der Waals surface area contributed by atoms with Crippen molar-refractivity contribution in [3.05, 3.63) is 6.92 Å². The predicted octanol–water partition coefficient (Wildman–Crippen LogP) is 0.875. The molecule has 1 rings (SSSR count). The van der Waals surface area contributed by atoms with Gasteiger partial charge in [-0.05, 0) is 25.9 Å². The molecule has 1 saturated heterocycles. The molecule has 1 aliphatic rings. The molecule has 0 saturated carbocycles. The monoisotopic (exact) mass is 140 g/mol. The zero-order valence-corrected chi connectivity index (χ0v) is 6.31. The summed E-state index contributed by atoms with van der Waals surface area (Å²) in [6.07, 6.45) is 3.81. The summed E-state index contributed by atoms with van der Waals surface area (Å²) in [6.45, 7) is 6.08. The maximum Gasteiger partial charge on any atom is 0.147 e. The summed E-state index contributed by atoms with van der Waals surface area (Å²) in [5.74, 6) is 0.0434. The minimum Gasteiger partial charge on any atom is -0.298 e. The Balaban J connectivity index is 2.19. The van der Waals surface area contributed by atoms with E-state index < -0.39 is 0 Å². The molecule has 0 bridgehead atoms. The molecule has 1 aliphatic heterocycles. The number of nitrogens with zero attached hydrogens (tertiary/aromatic N) is 1. The number of carbonyl (C=O) groups excluding carboxylic acids is 1. The first-order chi connectivity index (χ1) is 4.79. The highest BCUT2D eigenvalue weighted by molar-refractivity contribution is 5.84. The van der Waals surface area contributed by atoms with Crippen LogP contribution in [0.25, 0.3) is 0 Å². The summed E-state index contributed by atoms with van der Waals surface area (Å²) in [5, 5.41) is 0. The highest BCUT2D eigenvalue weighted by Gasteiger charge is 2.10. The van der Waals surface area contributed by atoms with Gasteiger partial charge in [0.2, 0.25) is 0 Å². The Morgan fingerprint density at radius 3 is 2.40 bits per heavy atom. The SMILES string of the molecule is [CH2]C(=O)CN1CCCCC1. The van der Waals surface area contributed by atoms with Gasteiger partial charge in [-0.2, -0.15) is 0 Å². The Morgan fingerprint density at radius 2 is 1.90 bits per heavy atom. The fourth-order valence-electron chi connectivity index (χ4n) is 1.37. The molecule has 0 atom stereocenters. The summed E-state index contributed by atoms with van der Waals surface area (Å²) < 4.78 is 0. The zero-order valence-electron chi connectivity index (χ0n) is 6.31. The molecular formula is C8H14NO. The Hall–Kier alpha value is -0.370. The van der Waals surface area contributed by atoms with Crippen molar-refractivity contribution in [2.75, 3.05) is 19.6 Å². The Labute approximate surface area is 62.2 Å². The van der Waals surface area contributed by atoms with E-state index in [4.69, 9.17) is 0 Å². The van der Waals surface area contributed by atoms with Crippen LogP contribution in [0.1, 0.15) is 19.3 Å². The van der Waals surface area contributed by atoms with Gasteiger partial charge in [-0.3, -0.25) is 9.69 Å². The number of Topliss-reactive ketones (excluding diaryl/α,β-unsaturated/α-hetero) is 1. The van der Waals surface area contributed by atoms with Gasteiger partial charge in [0.05, 0.1) is 6.54 Å². The lowest BCUT2D eigenvalue weighted by molar-refractivity contribution is -0.116. The van der Waals surface area contributed by atoms with Crippen LogP contribution >= 0.6 is 0 Å². The number of piperidine rings is 1. The first-order valence-electron chi connectivity index (χ1n) is 3.86. The minimum atomic E-state index is 0.0434. The van der Waals surface area contributed by atoms with E-state index in [1.54, 1.807) is 0 Å². The van der Waals surface area contributed by atoms with Gasteiger partial charge in [0.15, 0.2) is 0 Å². The Kier molecular flexibility index (Phi) is 2.87. The van der Waals surface area contributed by atoms with Crippen molar-refractivity contribution in [1.82, 2.24) is 4.90 Å². The third-order valence-corrected chi connectivity index (χ3v) is 1.85. The summed E-state index contributed by atoms with van der Waals surface area (Å²) in [4.78, 5) is 12.7. The highest BCUT2D eigenvalue weighted by Crippen LogP contribution is 2.07. The second-order valence-corrected chi connectivity index (χ2v) is 2.88. The van der Waals surface area contributed by atoms with Crippen LogP contribution in [-0.4, -0.2) is 30.3 Å². The lowest BCUT2D eigenvalue weighted by atomic mass is 10.1. The van der Waals surface area contributed by atoms with Crippen LogP contribution in [0.15, 0.2) is 0 Å². The molecule has 0 amide bonds. The van der Waals surface area contributed by atoms with Crippen molar-refractivity contribution in [2.24, 2.45) is 0 Å². The van der Waals surface area contributed by atoms with Crippen molar-refractivity contribution >= 4 is 5.78 Å². The third kappa shape index (κ3) is 2.48. The number of ketones is 1. The standard InChI is InChI=1S/C8H14NO/c1-8(10)7-9-5-3-2-4-6-9/h1-7H2. The normalized spacial score (nSPS) is 20.9. The van der Waals surface area contributed by atoms with E-state index in [0.717, 1.165) is 13.1 Å². The molecule has 0 unspecified atom stereocenters. The van der Waals surface area contributed by atoms with Gasteiger partial charge in [-0.1, -0.05) is 6.42 Å². The zero-order chi connectivity index (χ0) is 7.40. The van der Waals surface area contributed by atoms with Crippen molar-refractivity contribution in [1.29, 1.82) is 0 Å². The molecule has 0 aromatic rings. The van der Waals surface area contributed by atoms with E-state index in [2.05, 4.69) is 11.8 Å². The van der Waals surface area contributed by atoms with E-state index >= 15 is 0 Å². The molecule has 2 heteroatoms. The van der Waals surface area contributed by atoms with E-state index in [1.165, 1.54) is 19.3 Å². The van der Waals surface area contributed by atoms with Crippen LogP contribution in [0.4, 0.5) is 0 Å². The second kappa shape index (κ2) is 3.71. The first-order valence-corrected chi connectivity index (χ1v) is 3.86. The number of hydrogen-bond donors (Lipinski definition) is 0. The smallest absolute Gasteiger partial charge is 0.147 e. The molecule has 1 heterocycles. The fourth-order valence-corrected chi connectivity index (χ4v) is 1.37. The van der Waals surface area contributed by atoms with Gasteiger partial charge >= 0.3 is 0 Å². The molecule has 0 spiro atoms. The third-order valence-electron chi connectivity index (χ3n) is 1.85. The van der Waals surface area contributed by atoms with E-state index in [9.17, 15) is 4.79 Å². The molecule has 10 heavy (non-hydrogen) atoms. The van der Waals surface area contributed by atoms with Crippen LogP contribution in [0, 0.1) is 6.92 Å². The van der Waals surface area contributed by atoms with Gasteiger partial charge in [0.1, 0.15) is 5.78 Å². The largest absolute Gasteiger partial charge is 0.298 e. The number of likely N-dealkylation sites (tertiary alicyclic amines) is 1. The summed E-state index contributed by atoms with van der Waals surface area (Å²) >= 11 is 0. The molecule has 1 radical (unpaired) electrons. The molecular weight excluding hydrogens is 126 g/mol. The van der Waals surface area contributed by atoms with Crippen molar-refractivity contribution < 1.29 is 4.79 Å². The lowest BCUT2D eigenvalue weighted by Crippen LogP contribution is -2.33. The number of hydrogen-bond acceptors (Lipinski definition) is 2. The molecule has 0 aromatic heterocycles. The maximum absolute atomic E-state index is 10.6. The minimum absolute atomic E-state index is 0.0434. The van der Waals surface area contributed by atoms with Crippen molar-refractivity contribution in [3.8, 4) is 0 Å².